The van der Waals surface area contributed by atoms with Crippen LogP contribution in [-0.2, 0) is 9.59 Å². The SMILES string of the molecule is CCSCC(=O)N1C[C@H]2CCN(c3ncccc3F)CC[C@H]2C1.O=CO. The van der Waals surface area contributed by atoms with Crippen molar-refractivity contribution in [2.45, 2.75) is 19.8 Å². The van der Waals surface area contributed by atoms with E-state index in [2.05, 4.69) is 16.8 Å². The van der Waals surface area contributed by atoms with Crippen LogP contribution in [0.25, 0.3) is 0 Å². The number of halogens is 1. The first-order valence-electron chi connectivity index (χ1n) is 8.89. The van der Waals surface area contributed by atoms with Gasteiger partial charge in [0.1, 0.15) is 0 Å². The summed E-state index contributed by atoms with van der Waals surface area (Å²) >= 11 is 1.69. The molecule has 3 rings (SSSR count). The number of amides is 1. The van der Waals surface area contributed by atoms with E-state index in [4.69, 9.17) is 9.90 Å². The summed E-state index contributed by atoms with van der Waals surface area (Å²) in [6.07, 6.45) is 3.66. The molecule has 1 aromatic rings. The van der Waals surface area contributed by atoms with Crippen molar-refractivity contribution in [3.8, 4) is 0 Å². The topological polar surface area (TPSA) is 73.7 Å². The minimum absolute atomic E-state index is 0.243. The Labute approximate surface area is 157 Å². The fourth-order valence-corrected chi connectivity index (χ4v) is 4.22. The average molecular weight is 383 g/mol. The van der Waals surface area contributed by atoms with Gasteiger partial charge in [-0.25, -0.2) is 9.37 Å². The molecule has 3 heterocycles. The number of rotatable bonds is 4. The third kappa shape index (κ3) is 5.33. The summed E-state index contributed by atoms with van der Waals surface area (Å²) in [7, 11) is 0. The molecule has 8 heteroatoms. The molecule has 2 saturated heterocycles. The fourth-order valence-electron chi connectivity index (χ4n) is 3.65. The van der Waals surface area contributed by atoms with E-state index < -0.39 is 0 Å². The second-order valence-electron chi connectivity index (χ2n) is 6.43. The first kappa shape index (κ1) is 20.5. The number of carboxylic acid groups (broad SMARTS) is 1. The zero-order valence-electron chi connectivity index (χ0n) is 15.0. The van der Waals surface area contributed by atoms with Gasteiger partial charge in [0.25, 0.3) is 6.47 Å². The molecule has 2 atom stereocenters. The number of anilines is 1. The summed E-state index contributed by atoms with van der Waals surface area (Å²) in [5.74, 6) is 3.17. The highest BCUT2D eigenvalue weighted by atomic mass is 32.2. The monoisotopic (exact) mass is 383 g/mol. The third-order valence-corrected chi connectivity index (χ3v) is 5.80. The number of pyridine rings is 1. The molecule has 0 bridgehead atoms. The highest BCUT2D eigenvalue weighted by molar-refractivity contribution is 7.99. The number of hydrogen-bond donors (Lipinski definition) is 1. The molecule has 2 fully saturated rings. The maximum atomic E-state index is 13.9. The van der Waals surface area contributed by atoms with Gasteiger partial charge in [-0.3, -0.25) is 9.59 Å². The van der Waals surface area contributed by atoms with Crippen LogP contribution < -0.4 is 4.90 Å². The average Bonchev–Trinajstić information content (AvgIpc) is 2.95. The molecule has 144 valence electrons. The van der Waals surface area contributed by atoms with E-state index in [0.29, 0.717) is 23.4 Å². The quantitative estimate of drug-likeness (QED) is 0.805. The first-order chi connectivity index (χ1) is 12.6. The zero-order chi connectivity index (χ0) is 18.9. The van der Waals surface area contributed by atoms with Gasteiger partial charge in [0.2, 0.25) is 5.91 Å². The van der Waals surface area contributed by atoms with Crippen LogP contribution in [0.2, 0.25) is 0 Å². The van der Waals surface area contributed by atoms with Crippen molar-refractivity contribution in [1.29, 1.82) is 0 Å². The maximum absolute atomic E-state index is 13.9. The van der Waals surface area contributed by atoms with Crippen LogP contribution in [0.3, 0.4) is 0 Å². The number of hydrogen-bond acceptors (Lipinski definition) is 5. The summed E-state index contributed by atoms with van der Waals surface area (Å²) in [5.41, 5.74) is 0. The molecule has 6 nitrogen and oxygen atoms in total. The Morgan fingerprint density at radius 3 is 2.54 bits per heavy atom. The molecular formula is C18H26FN3O3S. The van der Waals surface area contributed by atoms with Crippen molar-refractivity contribution in [1.82, 2.24) is 9.88 Å². The van der Waals surface area contributed by atoms with Gasteiger partial charge in [-0.05, 0) is 42.6 Å². The van der Waals surface area contributed by atoms with Crippen molar-refractivity contribution >= 4 is 30.0 Å². The van der Waals surface area contributed by atoms with Crippen LogP contribution >= 0.6 is 11.8 Å². The highest BCUT2D eigenvalue weighted by Gasteiger charge is 2.37. The Balaban J connectivity index is 0.000000758. The maximum Gasteiger partial charge on any atom is 0.290 e. The number of aromatic nitrogens is 1. The summed E-state index contributed by atoms with van der Waals surface area (Å²) < 4.78 is 13.9. The van der Waals surface area contributed by atoms with Gasteiger partial charge in [-0.2, -0.15) is 11.8 Å². The minimum atomic E-state index is -0.250. The van der Waals surface area contributed by atoms with Crippen LogP contribution in [0.4, 0.5) is 10.2 Å². The minimum Gasteiger partial charge on any atom is -0.483 e. The van der Waals surface area contributed by atoms with Gasteiger partial charge in [-0.1, -0.05) is 6.92 Å². The Kier molecular flexibility index (Phi) is 8.15. The number of thioether (sulfide) groups is 1. The van der Waals surface area contributed by atoms with Crippen molar-refractivity contribution in [2.24, 2.45) is 11.8 Å². The van der Waals surface area contributed by atoms with Crippen molar-refractivity contribution in [3.05, 3.63) is 24.1 Å². The van der Waals surface area contributed by atoms with Crippen LogP contribution in [0.15, 0.2) is 18.3 Å². The molecule has 2 aliphatic heterocycles. The Bertz CT molecular complexity index is 589. The number of carbonyl (C=O) groups excluding carboxylic acids is 1. The molecule has 0 aliphatic carbocycles. The van der Waals surface area contributed by atoms with Gasteiger partial charge in [0.05, 0.1) is 5.75 Å². The number of carbonyl (C=O) groups is 2. The van der Waals surface area contributed by atoms with E-state index in [-0.39, 0.29) is 18.2 Å². The number of likely N-dealkylation sites (tertiary alicyclic amines) is 1. The molecule has 1 N–H and O–H groups in total. The van der Waals surface area contributed by atoms with Crippen molar-refractivity contribution < 1.29 is 19.1 Å². The molecule has 0 saturated carbocycles. The van der Waals surface area contributed by atoms with Gasteiger partial charge in [0, 0.05) is 32.4 Å². The molecular weight excluding hydrogens is 357 g/mol. The first-order valence-corrected chi connectivity index (χ1v) is 10.0. The largest absolute Gasteiger partial charge is 0.483 e. The van der Waals surface area contributed by atoms with E-state index >= 15 is 0 Å². The molecule has 0 unspecified atom stereocenters. The van der Waals surface area contributed by atoms with Gasteiger partial charge < -0.3 is 14.9 Å². The van der Waals surface area contributed by atoms with Crippen LogP contribution in [0, 0.1) is 17.7 Å². The third-order valence-electron chi connectivity index (χ3n) is 4.94. The zero-order valence-corrected chi connectivity index (χ0v) is 15.8. The van der Waals surface area contributed by atoms with E-state index in [9.17, 15) is 9.18 Å². The molecule has 1 amide bonds. The number of nitrogens with zero attached hydrogens (tertiary/aromatic N) is 3. The smallest absolute Gasteiger partial charge is 0.290 e. The Morgan fingerprint density at radius 1 is 1.38 bits per heavy atom. The predicted octanol–water partition coefficient (Wildman–Crippen LogP) is 2.35. The molecule has 0 aromatic carbocycles. The lowest BCUT2D eigenvalue weighted by Gasteiger charge is -2.23. The summed E-state index contributed by atoms with van der Waals surface area (Å²) in [4.78, 5) is 28.9. The lowest BCUT2D eigenvalue weighted by molar-refractivity contribution is -0.127. The van der Waals surface area contributed by atoms with Gasteiger partial charge >= 0.3 is 0 Å². The van der Waals surface area contributed by atoms with Crippen molar-refractivity contribution in [3.63, 3.8) is 0 Å². The molecule has 1 aromatic heterocycles. The second kappa shape index (κ2) is 10.4. The summed E-state index contributed by atoms with van der Waals surface area (Å²) in [6.45, 7) is 5.21. The van der Waals surface area contributed by atoms with E-state index in [1.807, 2.05) is 4.90 Å². The normalized spacial score (nSPS) is 22.1. The Hall–Kier alpha value is -1.83. The predicted molar refractivity (Wildman–Crippen MR) is 101 cm³/mol. The summed E-state index contributed by atoms with van der Waals surface area (Å²) in [6, 6.07) is 3.10. The molecule has 26 heavy (non-hydrogen) atoms. The van der Waals surface area contributed by atoms with E-state index in [1.165, 1.54) is 6.07 Å². The van der Waals surface area contributed by atoms with E-state index in [0.717, 1.165) is 44.8 Å². The molecule has 0 spiro atoms. The molecule has 2 aliphatic rings. The fraction of sp³-hybridized carbons (Fsp3) is 0.611. The lowest BCUT2D eigenvalue weighted by atomic mass is 9.92. The van der Waals surface area contributed by atoms with Gasteiger partial charge in [-0.15, -0.1) is 0 Å². The second-order valence-corrected chi connectivity index (χ2v) is 7.71. The lowest BCUT2D eigenvalue weighted by Crippen LogP contribution is -2.32. The van der Waals surface area contributed by atoms with Crippen LogP contribution in [0.1, 0.15) is 19.8 Å². The van der Waals surface area contributed by atoms with Crippen LogP contribution in [0.5, 0.6) is 0 Å². The highest BCUT2D eigenvalue weighted by Crippen LogP contribution is 2.33. The standard InChI is InChI=1S/C17H24FN3OS.CH2O2/c1-2-23-12-16(22)21-10-13-5-8-20(9-6-14(13)11-21)17-15(18)4-3-7-19-17;2-1-3/h3-4,7,13-14H,2,5-6,8-12H2,1H3;1H,(H,2,3)/t13-,14+;. The molecule has 0 radical (unpaired) electrons. The van der Waals surface area contributed by atoms with E-state index in [1.54, 1.807) is 24.0 Å². The van der Waals surface area contributed by atoms with Gasteiger partial charge in [0.15, 0.2) is 11.6 Å². The summed E-state index contributed by atoms with van der Waals surface area (Å²) in [5, 5.41) is 6.89. The Morgan fingerprint density at radius 2 is 2.00 bits per heavy atom. The number of fused-ring (bicyclic) bond motifs is 1. The van der Waals surface area contributed by atoms with Crippen LogP contribution in [-0.4, -0.2) is 65.1 Å². The van der Waals surface area contributed by atoms with Crippen molar-refractivity contribution in [2.75, 3.05) is 42.6 Å².